The van der Waals surface area contributed by atoms with Gasteiger partial charge in [0.05, 0.1) is 5.41 Å². The fourth-order valence-corrected chi connectivity index (χ4v) is 1.98. The zero-order valence-corrected chi connectivity index (χ0v) is 13.2. The van der Waals surface area contributed by atoms with E-state index >= 15 is 0 Å². The summed E-state index contributed by atoms with van der Waals surface area (Å²) >= 11 is 0. The van der Waals surface area contributed by atoms with E-state index in [1.165, 1.54) is 0 Å². The van der Waals surface area contributed by atoms with Gasteiger partial charge >= 0.3 is 5.97 Å². The Hall–Kier alpha value is -2.04. The molecular weight excluding hydrogens is 270 g/mol. The summed E-state index contributed by atoms with van der Waals surface area (Å²) in [5.41, 5.74) is 2.10. The zero-order chi connectivity index (χ0) is 16.2. The summed E-state index contributed by atoms with van der Waals surface area (Å²) in [5, 5.41) is 11.6. The molecule has 116 valence electrons. The van der Waals surface area contributed by atoms with E-state index in [9.17, 15) is 9.59 Å². The Morgan fingerprint density at radius 1 is 1.19 bits per heavy atom. The molecule has 5 nitrogen and oxygen atoms in total. The summed E-state index contributed by atoms with van der Waals surface area (Å²) in [4.78, 5) is 22.7. The quantitative estimate of drug-likeness (QED) is 0.843. The average Bonchev–Trinajstić information content (AvgIpc) is 2.35. The molecule has 0 aliphatic carbocycles. The van der Waals surface area contributed by atoms with Crippen LogP contribution in [0.5, 0.6) is 5.75 Å². The molecular formula is C16H23NO4. The Morgan fingerprint density at radius 3 is 2.19 bits per heavy atom. The van der Waals surface area contributed by atoms with Gasteiger partial charge in [-0.25, -0.2) is 0 Å². The maximum Gasteiger partial charge on any atom is 0.310 e. The summed E-state index contributed by atoms with van der Waals surface area (Å²) in [7, 11) is 0. The maximum atomic E-state index is 11.7. The van der Waals surface area contributed by atoms with Crippen LogP contribution in [0.4, 0.5) is 0 Å². The van der Waals surface area contributed by atoms with Gasteiger partial charge in [0.25, 0.3) is 5.91 Å². The fraction of sp³-hybridized carbons (Fsp3) is 0.500. The number of rotatable bonds is 6. The van der Waals surface area contributed by atoms with Crippen molar-refractivity contribution in [2.24, 2.45) is 5.41 Å². The first-order valence-corrected chi connectivity index (χ1v) is 6.84. The number of carbonyl (C=O) groups excluding carboxylic acids is 1. The van der Waals surface area contributed by atoms with Crippen molar-refractivity contribution in [2.45, 2.75) is 34.6 Å². The van der Waals surface area contributed by atoms with Crippen LogP contribution in [-0.2, 0) is 9.59 Å². The third-order valence-electron chi connectivity index (χ3n) is 3.26. The lowest BCUT2D eigenvalue weighted by Crippen LogP contribution is -2.40. The molecule has 0 heterocycles. The van der Waals surface area contributed by atoms with Gasteiger partial charge in [0.2, 0.25) is 0 Å². The molecule has 1 rings (SSSR count). The number of carboxylic acid groups (broad SMARTS) is 1. The lowest BCUT2D eigenvalue weighted by molar-refractivity contribution is -0.146. The average molecular weight is 293 g/mol. The van der Waals surface area contributed by atoms with Crippen LogP contribution >= 0.6 is 0 Å². The van der Waals surface area contributed by atoms with Crippen LogP contribution in [0.1, 0.15) is 30.5 Å². The van der Waals surface area contributed by atoms with E-state index < -0.39 is 11.4 Å². The van der Waals surface area contributed by atoms with E-state index in [-0.39, 0.29) is 19.1 Å². The number of aryl methyl sites for hydroxylation is 3. The molecule has 0 radical (unpaired) electrons. The van der Waals surface area contributed by atoms with Crippen molar-refractivity contribution in [2.75, 3.05) is 13.2 Å². The number of amides is 1. The van der Waals surface area contributed by atoms with E-state index in [1.807, 2.05) is 32.9 Å². The van der Waals surface area contributed by atoms with Gasteiger partial charge in [-0.3, -0.25) is 9.59 Å². The predicted octanol–water partition coefficient (Wildman–Crippen LogP) is 2.22. The van der Waals surface area contributed by atoms with Gasteiger partial charge in [-0.15, -0.1) is 0 Å². The molecule has 5 heteroatoms. The topological polar surface area (TPSA) is 75.6 Å². The van der Waals surface area contributed by atoms with Gasteiger partial charge in [-0.05, 0) is 45.7 Å². The van der Waals surface area contributed by atoms with Crippen LogP contribution in [0.2, 0.25) is 0 Å². The summed E-state index contributed by atoms with van der Waals surface area (Å²) in [5.74, 6) is -0.578. The molecule has 0 aromatic heterocycles. The second-order valence-electron chi connectivity index (χ2n) is 5.98. The van der Waals surface area contributed by atoms with Crippen LogP contribution in [0.15, 0.2) is 12.1 Å². The van der Waals surface area contributed by atoms with Gasteiger partial charge in [0.1, 0.15) is 5.75 Å². The third kappa shape index (κ3) is 4.77. The second-order valence-corrected chi connectivity index (χ2v) is 5.98. The molecule has 0 saturated heterocycles. The molecule has 0 spiro atoms. The van der Waals surface area contributed by atoms with Crippen LogP contribution < -0.4 is 10.1 Å². The number of carbonyl (C=O) groups is 2. The van der Waals surface area contributed by atoms with Crippen LogP contribution in [0.3, 0.4) is 0 Å². The molecule has 0 saturated carbocycles. The number of aliphatic carboxylic acids is 1. The highest BCUT2D eigenvalue weighted by molar-refractivity contribution is 5.79. The summed E-state index contributed by atoms with van der Waals surface area (Å²) in [6.45, 7) is 8.93. The Bertz CT molecular complexity index is 526. The van der Waals surface area contributed by atoms with Crippen LogP contribution in [0.25, 0.3) is 0 Å². The van der Waals surface area contributed by atoms with E-state index in [1.54, 1.807) is 13.8 Å². The van der Waals surface area contributed by atoms with Gasteiger partial charge in [-0.1, -0.05) is 17.7 Å². The minimum absolute atomic E-state index is 0.0659. The number of hydrogen-bond acceptors (Lipinski definition) is 3. The highest BCUT2D eigenvalue weighted by Crippen LogP contribution is 2.24. The summed E-state index contributed by atoms with van der Waals surface area (Å²) < 4.78 is 5.55. The molecule has 0 fully saturated rings. The summed E-state index contributed by atoms with van der Waals surface area (Å²) in [6, 6.07) is 3.99. The monoisotopic (exact) mass is 293 g/mol. The van der Waals surface area contributed by atoms with E-state index in [0.29, 0.717) is 5.75 Å². The normalized spacial score (nSPS) is 11.1. The van der Waals surface area contributed by atoms with Crippen molar-refractivity contribution in [1.29, 1.82) is 0 Å². The molecule has 0 aliphatic rings. The first kappa shape index (κ1) is 17.0. The molecule has 21 heavy (non-hydrogen) atoms. The Labute approximate surface area is 125 Å². The zero-order valence-electron chi connectivity index (χ0n) is 13.2. The molecule has 0 unspecified atom stereocenters. The van der Waals surface area contributed by atoms with Gasteiger partial charge in [0.15, 0.2) is 6.61 Å². The maximum absolute atomic E-state index is 11.7. The van der Waals surface area contributed by atoms with Crippen molar-refractivity contribution in [3.63, 3.8) is 0 Å². The van der Waals surface area contributed by atoms with Crippen molar-refractivity contribution < 1.29 is 19.4 Å². The second kappa shape index (κ2) is 6.61. The highest BCUT2D eigenvalue weighted by Gasteiger charge is 2.27. The summed E-state index contributed by atoms with van der Waals surface area (Å²) in [6.07, 6.45) is 0. The van der Waals surface area contributed by atoms with E-state index in [4.69, 9.17) is 9.84 Å². The lowest BCUT2D eigenvalue weighted by Gasteiger charge is -2.19. The highest BCUT2D eigenvalue weighted by atomic mass is 16.5. The lowest BCUT2D eigenvalue weighted by atomic mass is 9.94. The SMILES string of the molecule is Cc1cc(C)c(OCC(=O)NCC(C)(C)C(=O)O)c(C)c1. The molecule has 0 atom stereocenters. The largest absolute Gasteiger partial charge is 0.483 e. The number of hydrogen-bond donors (Lipinski definition) is 2. The van der Waals surface area contributed by atoms with Crippen molar-refractivity contribution in [1.82, 2.24) is 5.32 Å². The van der Waals surface area contributed by atoms with Crippen molar-refractivity contribution >= 4 is 11.9 Å². The van der Waals surface area contributed by atoms with Crippen molar-refractivity contribution in [3.8, 4) is 5.75 Å². The Kier molecular flexibility index (Phi) is 5.35. The molecule has 2 N–H and O–H groups in total. The third-order valence-corrected chi connectivity index (χ3v) is 3.26. The number of ether oxygens (including phenoxy) is 1. The van der Waals surface area contributed by atoms with Crippen LogP contribution in [0, 0.1) is 26.2 Å². The molecule has 1 aromatic rings. The first-order valence-electron chi connectivity index (χ1n) is 6.84. The molecule has 0 aliphatic heterocycles. The number of carboxylic acids is 1. The molecule has 1 amide bonds. The Balaban J connectivity index is 2.57. The number of nitrogens with one attached hydrogen (secondary N) is 1. The fourth-order valence-electron chi connectivity index (χ4n) is 1.98. The number of benzene rings is 1. The minimum atomic E-state index is -0.995. The van der Waals surface area contributed by atoms with Gasteiger partial charge in [0, 0.05) is 6.54 Å². The minimum Gasteiger partial charge on any atom is -0.483 e. The van der Waals surface area contributed by atoms with E-state index in [2.05, 4.69) is 5.32 Å². The van der Waals surface area contributed by atoms with Crippen molar-refractivity contribution in [3.05, 3.63) is 28.8 Å². The van der Waals surface area contributed by atoms with Gasteiger partial charge in [-0.2, -0.15) is 0 Å². The Morgan fingerprint density at radius 2 is 1.71 bits per heavy atom. The molecule has 0 bridgehead atoms. The smallest absolute Gasteiger partial charge is 0.310 e. The van der Waals surface area contributed by atoms with Crippen LogP contribution in [-0.4, -0.2) is 30.1 Å². The predicted molar refractivity (Wildman–Crippen MR) is 80.6 cm³/mol. The van der Waals surface area contributed by atoms with E-state index in [0.717, 1.165) is 16.7 Å². The van der Waals surface area contributed by atoms with Gasteiger partial charge < -0.3 is 15.2 Å². The standard InChI is InChI=1S/C16H23NO4/c1-10-6-11(2)14(12(3)7-10)21-8-13(18)17-9-16(4,5)15(19)20/h6-7H,8-9H2,1-5H3,(H,17,18)(H,19,20). The molecule has 1 aromatic carbocycles. The first-order chi connectivity index (χ1) is 9.63.